The van der Waals surface area contributed by atoms with Crippen molar-refractivity contribution in [3.63, 3.8) is 0 Å². The van der Waals surface area contributed by atoms with Crippen LogP contribution < -0.4 is 9.64 Å². The minimum atomic E-state index is -0.773. The molecule has 0 radical (unpaired) electrons. The van der Waals surface area contributed by atoms with Crippen LogP contribution in [0.25, 0.3) is 0 Å². The second-order valence-electron chi connectivity index (χ2n) is 11.8. The highest BCUT2D eigenvalue weighted by Gasteiger charge is 2.77. The van der Waals surface area contributed by atoms with Crippen molar-refractivity contribution in [3.8, 4) is 5.75 Å². The Labute approximate surface area is 258 Å². The fourth-order valence-corrected chi connectivity index (χ4v) is 9.66. The van der Waals surface area contributed by atoms with Crippen molar-refractivity contribution in [2.75, 3.05) is 38.3 Å². The quantitative estimate of drug-likeness (QED) is 0.344. The van der Waals surface area contributed by atoms with Crippen LogP contribution in [0.2, 0.25) is 0 Å². The number of rotatable bonds is 13. The smallest absolute Gasteiger partial charge is 0.251 e. The minimum absolute atomic E-state index is 0.0769. The van der Waals surface area contributed by atoms with E-state index >= 15 is 0 Å². The normalized spacial score (nSPS) is 27.1. The van der Waals surface area contributed by atoms with E-state index in [1.165, 1.54) is 0 Å². The van der Waals surface area contributed by atoms with E-state index in [-0.39, 0.29) is 37.4 Å². The lowest BCUT2D eigenvalue weighted by Crippen LogP contribution is -2.55. The Morgan fingerprint density at radius 2 is 1.77 bits per heavy atom. The summed E-state index contributed by atoms with van der Waals surface area (Å²) in [5.41, 5.74) is 1.68. The number of aliphatic hydroxyl groups excluding tert-OH is 1. The molecule has 2 aromatic rings. The summed E-state index contributed by atoms with van der Waals surface area (Å²) in [6.07, 6.45) is 5.13. The fraction of sp³-hybridized carbons (Fsp3) is 0.441. The highest BCUT2D eigenvalue weighted by atomic mass is 32.2. The van der Waals surface area contributed by atoms with E-state index in [1.54, 1.807) is 57.9 Å². The number of likely N-dealkylation sites (tertiary alicyclic amines) is 1. The van der Waals surface area contributed by atoms with Gasteiger partial charge in [-0.15, -0.1) is 24.9 Å². The van der Waals surface area contributed by atoms with Crippen LogP contribution in [0.3, 0.4) is 0 Å². The molecule has 3 saturated heterocycles. The molecule has 5 atom stereocenters. The van der Waals surface area contributed by atoms with Gasteiger partial charge in [0.15, 0.2) is 0 Å². The van der Waals surface area contributed by atoms with Crippen molar-refractivity contribution in [3.05, 3.63) is 85.5 Å². The summed E-state index contributed by atoms with van der Waals surface area (Å²) in [5.74, 6) is -0.991. The van der Waals surface area contributed by atoms with Gasteiger partial charge in [-0.3, -0.25) is 14.4 Å². The molecule has 3 aliphatic heterocycles. The van der Waals surface area contributed by atoms with E-state index in [2.05, 4.69) is 20.1 Å². The lowest BCUT2D eigenvalue weighted by molar-refractivity contribution is -0.145. The van der Waals surface area contributed by atoms with Gasteiger partial charge in [-0.2, -0.15) is 0 Å². The number of anilines is 1. The highest BCUT2D eigenvalue weighted by Crippen LogP contribution is 2.71. The zero-order chi connectivity index (χ0) is 30.8. The predicted molar refractivity (Wildman–Crippen MR) is 170 cm³/mol. The number of methoxy groups -OCH3 is 1. The van der Waals surface area contributed by atoms with Crippen LogP contribution in [0.15, 0.2) is 79.9 Å². The standard InChI is InChI=1S/C34H41N3O5S/c1-5-19-35(23-24-11-8-7-9-12-24)30(39)27-28-31(40)37(21-10-22-38)29(34(28)18-17-33(27,3)43-34)32(41)36(20-6-2)25-13-15-26(42-4)16-14-25/h5-9,11-16,27-29,38H,1-2,10,17-23H2,3-4H3/t27-,28-,29?,33+,34?/m0/s1. The number of amides is 3. The molecule has 5 rings (SSSR count). The Morgan fingerprint density at radius 3 is 2.40 bits per heavy atom. The number of aliphatic hydroxyl groups is 1. The van der Waals surface area contributed by atoms with Gasteiger partial charge in [0.05, 0.1) is 23.7 Å². The summed E-state index contributed by atoms with van der Waals surface area (Å²) >= 11 is 1.65. The third-order valence-corrected chi connectivity index (χ3v) is 11.2. The molecule has 8 nitrogen and oxygen atoms in total. The molecule has 0 aliphatic carbocycles. The third-order valence-electron chi connectivity index (χ3n) is 9.17. The first-order valence-corrected chi connectivity index (χ1v) is 15.7. The van der Waals surface area contributed by atoms with Crippen molar-refractivity contribution in [1.29, 1.82) is 0 Å². The molecule has 0 aromatic heterocycles. The van der Waals surface area contributed by atoms with Crippen LogP contribution in [-0.2, 0) is 20.9 Å². The average molecular weight is 604 g/mol. The molecule has 3 amide bonds. The van der Waals surface area contributed by atoms with Crippen molar-refractivity contribution in [1.82, 2.24) is 9.80 Å². The second-order valence-corrected chi connectivity index (χ2v) is 13.7. The van der Waals surface area contributed by atoms with Crippen LogP contribution in [0, 0.1) is 11.8 Å². The van der Waals surface area contributed by atoms with E-state index in [0.717, 1.165) is 12.0 Å². The molecule has 1 N–H and O–H groups in total. The summed E-state index contributed by atoms with van der Waals surface area (Å²) in [6.45, 7) is 11.0. The van der Waals surface area contributed by atoms with Crippen LogP contribution in [0.1, 0.15) is 31.7 Å². The molecule has 228 valence electrons. The first-order valence-electron chi connectivity index (χ1n) is 14.9. The number of nitrogens with zero attached hydrogens (tertiary/aromatic N) is 3. The first kappa shape index (κ1) is 30.9. The summed E-state index contributed by atoms with van der Waals surface area (Å²) in [5, 5.41) is 9.71. The molecule has 2 bridgehead atoms. The maximum Gasteiger partial charge on any atom is 0.251 e. The lowest BCUT2D eigenvalue weighted by atomic mass is 9.66. The minimum Gasteiger partial charge on any atom is -0.497 e. The van der Waals surface area contributed by atoms with Crippen LogP contribution in [-0.4, -0.2) is 81.5 Å². The molecule has 9 heteroatoms. The number of hydrogen-bond acceptors (Lipinski definition) is 6. The van der Waals surface area contributed by atoms with E-state index in [9.17, 15) is 19.5 Å². The Kier molecular flexibility index (Phi) is 9.04. The van der Waals surface area contributed by atoms with E-state index < -0.39 is 27.4 Å². The fourth-order valence-electron chi connectivity index (χ4n) is 7.31. The van der Waals surface area contributed by atoms with Gasteiger partial charge >= 0.3 is 0 Å². The predicted octanol–water partition coefficient (Wildman–Crippen LogP) is 4.29. The maximum atomic E-state index is 14.7. The highest BCUT2D eigenvalue weighted by molar-refractivity contribution is 8.02. The van der Waals surface area contributed by atoms with Gasteiger partial charge in [0, 0.05) is 43.2 Å². The van der Waals surface area contributed by atoms with Gasteiger partial charge in [0.1, 0.15) is 11.8 Å². The van der Waals surface area contributed by atoms with Gasteiger partial charge in [0.25, 0.3) is 5.91 Å². The Morgan fingerprint density at radius 1 is 1.07 bits per heavy atom. The number of benzene rings is 2. The maximum absolute atomic E-state index is 14.7. The molecule has 3 heterocycles. The number of thioether (sulfide) groups is 1. The van der Waals surface area contributed by atoms with Gasteiger partial charge < -0.3 is 24.5 Å². The van der Waals surface area contributed by atoms with Crippen LogP contribution >= 0.6 is 11.8 Å². The molecule has 3 aliphatic rings. The zero-order valence-corrected chi connectivity index (χ0v) is 25.8. The van der Waals surface area contributed by atoms with Gasteiger partial charge in [0.2, 0.25) is 11.8 Å². The van der Waals surface area contributed by atoms with Crippen molar-refractivity contribution < 1.29 is 24.2 Å². The van der Waals surface area contributed by atoms with E-state index in [0.29, 0.717) is 37.4 Å². The van der Waals surface area contributed by atoms with Gasteiger partial charge in [-0.05, 0) is 56.0 Å². The Hall–Kier alpha value is -3.56. The Balaban J connectivity index is 1.54. The van der Waals surface area contributed by atoms with E-state index in [1.807, 2.05) is 42.5 Å². The third kappa shape index (κ3) is 5.38. The molecular weight excluding hydrogens is 562 g/mol. The molecule has 0 saturated carbocycles. The van der Waals surface area contributed by atoms with Gasteiger partial charge in [-0.25, -0.2) is 0 Å². The molecule has 43 heavy (non-hydrogen) atoms. The monoisotopic (exact) mass is 603 g/mol. The zero-order valence-electron chi connectivity index (χ0n) is 25.0. The lowest BCUT2D eigenvalue weighted by Gasteiger charge is -2.38. The molecular formula is C34H41N3O5S. The number of ether oxygens (including phenoxy) is 1. The Bertz CT molecular complexity index is 1370. The SMILES string of the molecule is C=CCN(Cc1ccccc1)C(=O)[C@@H]1[C@H]2C(=O)N(CCCO)C(C(=O)N(CC=C)c3ccc(OC)cc3)C23CC[C@@]1(C)S3. The summed E-state index contributed by atoms with van der Waals surface area (Å²) in [4.78, 5) is 48.7. The molecule has 2 aromatic carbocycles. The summed E-state index contributed by atoms with van der Waals surface area (Å²) < 4.78 is 4.07. The van der Waals surface area contributed by atoms with Crippen LogP contribution in [0.4, 0.5) is 5.69 Å². The van der Waals surface area contributed by atoms with Gasteiger partial charge in [-0.1, -0.05) is 42.5 Å². The first-order chi connectivity index (χ1) is 20.7. The van der Waals surface area contributed by atoms with E-state index in [4.69, 9.17) is 4.74 Å². The van der Waals surface area contributed by atoms with Crippen molar-refractivity contribution >= 4 is 35.2 Å². The summed E-state index contributed by atoms with van der Waals surface area (Å²) in [7, 11) is 1.59. The largest absolute Gasteiger partial charge is 0.497 e. The van der Waals surface area contributed by atoms with Crippen molar-refractivity contribution in [2.24, 2.45) is 11.8 Å². The molecule has 1 spiro atoms. The second kappa shape index (κ2) is 12.6. The topological polar surface area (TPSA) is 90.4 Å². The summed E-state index contributed by atoms with van der Waals surface area (Å²) in [6, 6.07) is 16.3. The van der Waals surface area contributed by atoms with Crippen LogP contribution in [0.5, 0.6) is 5.75 Å². The number of carbonyl (C=O) groups is 3. The molecule has 3 fully saturated rings. The number of fused-ring (bicyclic) bond motifs is 1. The average Bonchev–Trinajstić information content (AvgIpc) is 3.59. The van der Waals surface area contributed by atoms with Crippen molar-refractivity contribution in [2.45, 2.75) is 48.3 Å². The number of carbonyl (C=O) groups excluding carboxylic acids is 3. The molecule has 2 unspecified atom stereocenters. The number of hydrogen-bond donors (Lipinski definition) is 1.